The first kappa shape index (κ1) is 59.5. The molecule has 6 rings (SSSR count). The highest BCUT2D eigenvalue weighted by Crippen LogP contribution is 2.53. The normalized spacial score (nSPS) is 13.2. The van der Waals surface area contributed by atoms with Crippen molar-refractivity contribution >= 4 is 62.0 Å². The predicted molar refractivity (Wildman–Crippen MR) is 291 cm³/mol. The van der Waals surface area contributed by atoms with Crippen LogP contribution in [0.3, 0.4) is 0 Å². The van der Waals surface area contributed by atoms with Gasteiger partial charge in [0.1, 0.15) is 42.8 Å². The Morgan fingerprint density at radius 3 is 1.72 bits per heavy atom. The van der Waals surface area contributed by atoms with E-state index in [1.54, 1.807) is 84.9 Å². The fourth-order valence-electron chi connectivity index (χ4n) is 8.08. The first-order chi connectivity index (χ1) is 37.7. The van der Waals surface area contributed by atoms with E-state index >= 15 is 0 Å². The molecular formula is C55H64N7O14PS. The Kier molecular flexibility index (Phi) is 23.5. The summed E-state index contributed by atoms with van der Waals surface area (Å²) in [5.74, 6) is -5.26. The number of carbonyl (C=O) groups excluding carboxylic acids is 7. The third kappa shape index (κ3) is 18.8. The Morgan fingerprint density at radius 1 is 0.577 bits per heavy atom. The standard InChI is InChI=1S/C55H64N7O14PS/c1-37(52(66)58-38(2)53(67)61-50(34-39-16-6-3-7-17-39)77(70,75-40-18-8-4-9-19-40)76-41-20-10-5-11-21-41)59-54(68)47(26-27-51(65)74-62-78)60-48(63)28-29-56-49(64)36-72-33-32-71-31-30-57-55(69)73-35-46-44-24-14-12-22-42(44)43-23-13-15-25-45(43)46/h3-25,37-38,46-47,50,62,78H,26-36H2,1-2H3,(H,56,64)(H,57,69)(H,58,66)(H,59,68)(H,60,63)(H,61,67)/t37-,38-,47-,50?/m0/s1. The third-order valence-corrected chi connectivity index (χ3v) is 14.1. The molecule has 1 unspecified atom stereocenters. The molecule has 21 nitrogen and oxygen atoms in total. The van der Waals surface area contributed by atoms with Gasteiger partial charge in [-0.1, -0.05) is 133 Å². The van der Waals surface area contributed by atoms with Gasteiger partial charge in [0.15, 0.2) is 5.78 Å². The van der Waals surface area contributed by atoms with Crippen LogP contribution in [0.1, 0.15) is 55.7 Å². The van der Waals surface area contributed by atoms with E-state index in [9.17, 15) is 38.1 Å². The minimum Gasteiger partial charge on any atom is -0.449 e. The highest BCUT2D eigenvalue weighted by atomic mass is 32.1. The summed E-state index contributed by atoms with van der Waals surface area (Å²) in [6, 6.07) is 37.9. The van der Waals surface area contributed by atoms with Gasteiger partial charge in [0.05, 0.1) is 19.8 Å². The lowest BCUT2D eigenvalue weighted by atomic mass is 9.98. The van der Waals surface area contributed by atoms with Gasteiger partial charge in [-0.15, -0.1) is 0 Å². The molecule has 1 aliphatic carbocycles. The minimum atomic E-state index is -4.30. The summed E-state index contributed by atoms with van der Waals surface area (Å²) in [5.41, 5.74) is 5.19. The van der Waals surface area contributed by atoms with Gasteiger partial charge in [-0.05, 0) is 72.4 Å². The maximum atomic E-state index is 14.9. The van der Waals surface area contributed by atoms with Crippen molar-refractivity contribution in [2.75, 3.05) is 46.1 Å². The zero-order valence-electron chi connectivity index (χ0n) is 43.1. The number of amides is 6. The van der Waals surface area contributed by atoms with E-state index in [0.29, 0.717) is 5.56 Å². The molecule has 0 bridgehead atoms. The Labute approximate surface area is 457 Å². The highest BCUT2D eigenvalue weighted by molar-refractivity contribution is 7.77. The number of thiol groups is 1. The number of hydrogen-bond donors (Lipinski definition) is 8. The number of fused-ring (bicyclic) bond motifs is 3. The van der Waals surface area contributed by atoms with Gasteiger partial charge in [-0.3, -0.25) is 28.8 Å². The van der Waals surface area contributed by atoms with Crippen molar-refractivity contribution < 1.29 is 66.2 Å². The Balaban J connectivity index is 0.907. The van der Waals surface area contributed by atoms with E-state index in [1.807, 2.05) is 47.3 Å². The first-order valence-corrected chi connectivity index (χ1v) is 27.2. The zero-order valence-corrected chi connectivity index (χ0v) is 44.8. The Bertz CT molecular complexity index is 2750. The van der Waals surface area contributed by atoms with Crippen LogP contribution in [0.4, 0.5) is 4.79 Å². The predicted octanol–water partition coefficient (Wildman–Crippen LogP) is 5.27. The van der Waals surface area contributed by atoms with Gasteiger partial charge in [0.2, 0.25) is 29.5 Å². The molecule has 7 N–H and O–H groups in total. The summed E-state index contributed by atoms with van der Waals surface area (Å²) in [4.78, 5) is 97.4. The molecule has 4 atom stereocenters. The van der Waals surface area contributed by atoms with Crippen LogP contribution in [0.25, 0.3) is 11.1 Å². The fourth-order valence-corrected chi connectivity index (χ4v) is 10.0. The lowest BCUT2D eigenvalue weighted by Crippen LogP contribution is -2.56. The minimum absolute atomic E-state index is 0.00921. The molecule has 6 amide bonds. The number of alkyl carbamates (subject to hydrolysis) is 1. The smallest absolute Gasteiger partial charge is 0.449 e. The van der Waals surface area contributed by atoms with Crippen molar-refractivity contribution in [3.05, 3.63) is 156 Å². The van der Waals surface area contributed by atoms with Gasteiger partial charge < -0.3 is 60.0 Å². The number of benzene rings is 5. The molecule has 0 aromatic heterocycles. The van der Waals surface area contributed by atoms with E-state index in [4.69, 9.17) is 23.3 Å². The number of hydrogen-bond acceptors (Lipinski definition) is 16. The van der Waals surface area contributed by atoms with Crippen LogP contribution in [-0.4, -0.2) is 112 Å². The van der Waals surface area contributed by atoms with Crippen molar-refractivity contribution in [3.63, 3.8) is 0 Å². The summed E-state index contributed by atoms with van der Waals surface area (Å²) in [5, 5.41) is 15.5. The van der Waals surface area contributed by atoms with Crippen molar-refractivity contribution in [1.29, 1.82) is 0 Å². The monoisotopic (exact) mass is 1110 g/mol. The number of ether oxygens (including phenoxy) is 3. The molecule has 0 aliphatic heterocycles. The second kappa shape index (κ2) is 30.9. The summed E-state index contributed by atoms with van der Waals surface area (Å²) in [6.07, 6.45) is -1.45. The maximum absolute atomic E-state index is 14.9. The SMILES string of the molecule is C[C@H](NC(=O)[C@H](C)NC(=O)[C@H](CCC(=O)ONS)NC(=O)CCNC(=O)COCCOCCNC(=O)OCC1c2ccccc2-c2ccccc21)C(=O)NC(Cc1ccccc1)P(=O)(Oc1ccccc1)Oc1ccccc1. The third-order valence-electron chi connectivity index (χ3n) is 12.0. The van der Waals surface area contributed by atoms with Crippen molar-refractivity contribution in [3.8, 4) is 22.6 Å². The lowest BCUT2D eigenvalue weighted by molar-refractivity contribution is -0.147. The van der Waals surface area contributed by atoms with Gasteiger partial charge in [-0.2, -0.15) is 0 Å². The molecule has 0 spiro atoms. The Hall–Kier alpha value is -7.75. The molecule has 0 heterocycles. The van der Waals surface area contributed by atoms with Crippen molar-refractivity contribution in [2.24, 2.45) is 0 Å². The van der Waals surface area contributed by atoms with Gasteiger partial charge in [-0.25, -0.2) is 9.36 Å². The molecule has 78 heavy (non-hydrogen) atoms. The molecule has 0 radical (unpaired) electrons. The molecule has 0 saturated heterocycles. The van der Waals surface area contributed by atoms with Crippen LogP contribution in [0.2, 0.25) is 0 Å². The van der Waals surface area contributed by atoms with Crippen LogP contribution in [0.15, 0.2) is 140 Å². The quantitative estimate of drug-likeness (QED) is 0.0122. The summed E-state index contributed by atoms with van der Waals surface area (Å²) in [6.45, 7) is 3.02. The molecule has 23 heteroatoms. The number of para-hydroxylation sites is 2. The molecule has 0 fully saturated rings. The van der Waals surface area contributed by atoms with E-state index in [0.717, 1.165) is 22.3 Å². The highest BCUT2D eigenvalue weighted by Gasteiger charge is 2.42. The molecule has 5 aromatic rings. The summed E-state index contributed by atoms with van der Waals surface area (Å²) in [7, 11) is -4.30. The second-order valence-corrected chi connectivity index (χ2v) is 20.0. The molecule has 0 saturated carbocycles. The number of carbonyl (C=O) groups is 7. The fraction of sp³-hybridized carbons (Fsp3) is 0.327. The number of rotatable bonds is 31. The number of nitrogens with one attached hydrogen (secondary N) is 7. The van der Waals surface area contributed by atoms with Crippen molar-refractivity contribution in [1.82, 2.24) is 36.8 Å². The lowest BCUT2D eigenvalue weighted by Gasteiger charge is -2.29. The topological polar surface area (TPSA) is 276 Å². The first-order valence-electron chi connectivity index (χ1n) is 25.2. The van der Waals surface area contributed by atoms with Gasteiger partial charge in [0, 0.05) is 38.3 Å². The van der Waals surface area contributed by atoms with Crippen LogP contribution in [0.5, 0.6) is 11.5 Å². The molecule has 414 valence electrons. The van der Waals surface area contributed by atoms with Crippen LogP contribution in [0, 0.1) is 0 Å². The van der Waals surface area contributed by atoms with Crippen LogP contribution < -0.4 is 45.8 Å². The second-order valence-electron chi connectivity index (χ2n) is 17.8. The molecule has 5 aromatic carbocycles. The summed E-state index contributed by atoms with van der Waals surface area (Å²) >= 11 is 3.63. The Morgan fingerprint density at radius 2 is 1.12 bits per heavy atom. The maximum Gasteiger partial charge on any atom is 0.453 e. The largest absolute Gasteiger partial charge is 0.453 e. The van der Waals surface area contributed by atoms with Crippen LogP contribution in [-0.2, 0) is 58.8 Å². The van der Waals surface area contributed by atoms with Crippen molar-refractivity contribution in [2.45, 2.75) is 69.4 Å². The zero-order chi connectivity index (χ0) is 55.7. The molecule has 1 aliphatic rings. The van der Waals surface area contributed by atoms with Crippen LogP contribution >= 0.6 is 20.4 Å². The average molecular weight is 1110 g/mol. The van der Waals surface area contributed by atoms with E-state index in [-0.39, 0.29) is 89.2 Å². The van der Waals surface area contributed by atoms with Gasteiger partial charge >= 0.3 is 19.7 Å². The van der Waals surface area contributed by atoms with E-state index < -0.39 is 73.1 Å². The average Bonchev–Trinajstić information content (AvgIpc) is 3.78. The summed E-state index contributed by atoms with van der Waals surface area (Å²) < 4.78 is 43.4. The van der Waals surface area contributed by atoms with E-state index in [2.05, 4.69) is 61.7 Å². The van der Waals surface area contributed by atoms with Gasteiger partial charge in [0.25, 0.3) is 0 Å². The van der Waals surface area contributed by atoms with E-state index in [1.165, 1.54) is 13.8 Å². The molecular weight excluding hydrogens is 1050 g/mol.